The number of alkyl halides is 1. The van der Waals surface area contributed by atoms with Crippen LogP contribution in [-0.4, -0.2) is 5.91 Å². The van der Waals surface area contributed by atoms with Crippen LogP contribution >= 0.6 is 11.6 Å². The van der Waals surface area contributed by atoms with Crippen LogP contribution in [0.15, 0.2) is 36.4 Å². The van der Waals surface area contributed by atoms with Crippen molar-refractivity contribution < 1.29 is 9.18 Å². The second kappa shape index (κ2) is 5.49. The van der Waals surface area contributed by atoms with Crippen LogP contribution in [0.2, 0.25) is 0 Å². The molecule has 1 atom stereocenters. The van der Waals surface area contributed by atoms with Gasteiger partial charge in [0, 0.05) is 12.1 Å². The van der Waals surface area contributed by atoms with Gasteiger partial charge in [0.2, 0.25) is 5.91 Å². The first kappa shape index (κ1) is 14.1. The van der Waals surface area contributed by atoms with Gasteiger partial charge in [0.1, 0.15) is 5.82 Å². The van der Waals surface area contributed by atoms with Crippen LogP contribution in [0.1, 0.15) is 34.1 Å². The van der Waals surface area contributed by atoms with Crippen molar-refractivity contribution >= 4 is 23.2 Å². The van der Waals surface area contributed by atoms with Gasteiger partial charge in [-0.3, -0.25) is 4.79 Å². The number of anilines is 1. The van der Waals surface area contributed by atoms with E-state index in [2.05, 4.69) is 5.32 Å². The highest BCUT2D eigenvalue weighted by atomic mass is 35.5. The molecule has 0 aromatic heterocycles. The highest BCUT2D eigenvalue weighted by Crippen LogP contribution is 2.33. The van der Waals surface area contributed by atoms with E-state index in [-0.39, 0.29) is 11.7 Å². The van der Waals surface area contributed by atoms with Crippen molar-refractivity contribution in [1.29, 1.82) is 0 Å². The average Bonchev–Trinajstić information content (AvgIpc) is 2.45. The molecule has 2 aromatic carbocycles. The summed E-state index contributed by atoms with van der Waals surface area (Å²) in [6, 6.07) is 10.6. The fourth-order valence-corrected chi connectivity index (χ4v) is 2.93. The predicted octanol–water partition coefficient (Wildman–Crippen LogP) is 4.35. The van der Waals surface area contributed by atoms with Crippen molar-refractivity contribution in [2.75, 3.05) is 5.32 Å². The maximum Gasteiger partial charge on any atom is 0.224 e. The molecule has 2 nitrogen and oxygen atoms in total. The Morgan fingerprint density at radius 2 is 1.95 bits per heavy atom. The third kappa shape index (κ3) is 2.93. The van der Waals surface area contributed by atoms with E-state index in [4.69, 9.17) is 11.6 Å². The summed E-state index contributed by atoms with van der Waals surface area (Å²) < 4.78 is 13.5. The average molecular weight is 304 g/mol. The smallest absolute Gasteiger partial charge is 0.224 e. The lowest BCUT2D eigenvalue weighted by molar-refractivity contribution is -0.116. The standard InChI is InChI=1S/C17H15ClFNO/c1-10-6-13(9-14(19)7-10)17(18)12-2-4-15-11(8-12)3-5-16(21)20-15/h2,4,6-9,17H,3,5H2,1H3,(H,20,21). The van der Waals surface area contributed by atoms with Gasteiger partial charge in [0.05, 0.1) is 5.38 Å². The van der Waals surface area contributed by atoms with E-state index < -0.39 is 5.38 Å². The van der Waals surface area contributed by atoms with Crippen LogP contribution in [0.5, 0.6) is 0 Å². The maximum atomic E-state index is 13.5. The van der Waals surface area contributed by atoms with Gasteiger partial charge in [-0.1, -0.05) is 18.2 Å². The second-order valence-electron chi connectivity index (χ2n) is 5.39. The number of carbonyl (C=O) groups is 1. The molecule has 0 radical (unpaired) electrons. The molecule has 1 amide bonds. The van der Waals surface area contributed by atoms with E-state index in [1.807, 2.05) is 31.2 Å². The number of aryl methyl sites for hydroxylation is 2. The van der Waals surface area contributed by atoms with Crippen molar-refractivity contribution in [2.45, 2.75) is 25.1 Å². The number of benzene rings is 2. The first-order chi connectivity index (χ1) is 10.0. The molecule has 0 bridgehead atoms. The molecule has 0 saturated heterocycles. The second-order valence-corrected chi connectivity index (χ2v) is 5.83. The maximum absolute atomic E-state index is 13.5. The molecule has 2 aromatic rings. The Labute approximate surface area is 127 Å². The van der Waals surface area contributed by atoms with Crippen molar-refractivity contribution in [2.24, 2.45) is 0 Å². The third-order valence-corrected chi connectivity index (χ3v) is 4.18. The van der Waals surface area contributed by atoms with Crippen molar-refractivity contribution in [3.8, 4) is 0 Å². The van der Waals surface area contributed by atoms with Gasteiger partial charge in [-0.25, -0.2) is 4.39 Å². The van der Waals surface area contributed by atoms with Crippen LogP contribution in [0.4, 0.5) is 10.1 Å². The van der Waals surface area contributed by atoms with Gasteiger partial charge in [-0.05, 0) is 53.8 Å². The minimum absolute atomic E-state index is 0.0402. The van der Waals surface area contributed by atoms with Crippen LogP contribution < -0.4 is 5.32 Å². The molecule has 0 aliphatic carbocycles. The van der Waals surface area contributed by atoms with Gasteiger partial charge in [-0.2, -0.15) is 0 Å². The molecule has 21 heavy (non-hydrogen) atoms. The highest BCUT2D eigenvalue weighted by Gasteiger charge is 2.18. The molecule has 0 spiro atoms. The van der Waals surface area contributed by atoms with Crippen LogP contribution in [0.3, 0.4) is 0 Å². The first-order valence-corrected chi connectivity index (χ1v) is 7.30. The fraction of sp³-hybridized carbons (Fsp3) is 0.235. The number of carbonyl (C=O) groups excluding carboxylic acids is 1. The summed E-state index contributed by atoms with van der Waals surface area (Å²) in [5.41, 5.74) is 4.42. The largest absolute Gasteiger partial charge is 0.326 e. The van der Waals surface area contributed by atoms with Crippen LogP contribution in [-0.2, 0) is 11.2 Å². The first-order valence-electron chi connectivity index (χ1n) is 6.87. The summed E-state index contributed by atoms with van der Waals surface area (Å²) in [5, 5.41) is 2.44. The van der Waals surface area contributed by atoms with Crippen molar-refractivity contribution in [3.63, 3.8) is 0 Å². The molecular formula is C17H15ClFNO. The normalized spacial score (nSPS) is 15.3. The number of hydrogen-bond donors (Lipinski definition) is 1. The van der Waals surface area contributed by atoms with E-state index in [1.54, 1.807) is 0 Å². The molecule has 4 heteroatoms. The summed E-state index contributed by atoms with van der Waals surface area (Å²) in [6.07, 6.45) is 1.20. The Morgan fingerprint density at radius 1 is 1.14 bits per heavy atom. The van der Waals surface area contributed by atoms with E-state index >= 15 is 0 Å². The SMILES string of the molecule is Cc1cc(F)cc(C(Cl)c2ccc3c(c2)CCC(=O)N3)c1. The molecule has 1 aliphatic rings. The summed E-state index contributed by atoms with van der Waals surface area (Å²) in [5.74, 6) is -0.237. The molecular weight excluding hydrogens is 289 g/mol. The van der Waals surface area contributed by atoms with E-state index in [0.717, 1.165) is 27.9 Å². The van der Waals surface area contributed by atoms with Crippen molar-refractivity contribution in [1.82, 2.24) is 0 Å². The van der Waals surface area contributed by atoms with Gasteiger partial charge in [-0.15, -0.1) is 11.6 Å². The van der Waals surface area contributed by atoms with E-state index in [0.29, 0.717) is 12.8 Å². The molecule has 1 N–H and O–H groups in total. The molecule has 1 unspecified atom stereocenters. The lowest BCUT2D eigenvalue weighted by Crippen LogP contribution is -2.19. The molecule has 1 aliphatic heterocycles. The van der Waals surface area contributed by atoms with Crippen LogP contribution in [0, 0.1) is 12.7 Å². The summed E-state index contributed by atoms with van der Waals surface area (Å²) in [6.45, 7) is 1.85. The predicted molar refractivity (Wildman–Crippen MR) is 82.2 cm³/mol. The molecule has 3 rings (SSSR count). The van der Waals surface area contributed by atoms with Crippen molar-refractivity contribution in [3.05, 3.63) is 64.5 Å². The number of nitrogens with one attached hydrogen (secondary N) is 1. The summed E-state index contributed by atoms with van der Waals surface area (Å²) >= 11 is 6.49. The molecule has 0 saturated carbocycles. The quantitative estimate of drug-likeness (QED) is 0.821. The molecule has 108 valence electrons. The highest BCUT2D eigenvalue weighted by molar-refractivity contribution is 6.22. The number of fused-ring (bicyclic) bond motifs is 1. The number of amides is 1. The zero-order valence-electron chi connectivity index (χ0n) is 11.6. The number of rotatable bonds is 2. The minimum Gasteiger partial charge on any atom is -0.326 e. The lowest BCUT2D eigenvalue weighted by Gasteiger charge is -2.19. The number of halogens is 2. The Bertz CT molecular complexity index is 694. The van der Waals surface area contributed by atoms with Gasteiger partial charge in [0.15, 0.2) is 0 Å². The molecule has 0 fully saturated rings. The molecule has 1 heterocycles. The van der Waals surface area contributed by atoms with E-state index in [1.165, 1.54) is 12.1 Å². The van der Waals surface area contributed by atoms with E-state index in [9.17, 15) is 9.18 Å². The topological polar surface area (TPSA) is 29.1 Å². The third-order valence-electron chi connectivity index (χ3n) is 3.67. The Balaban J connectivity index is 1.94. The Morgan fingerprint density at radius 3 is 2.71 bits per heavy atom. The zero-order chi connectivity index (χ0) is 15.0. The van der Waals surface area contributed by atoms with Crippen LogP contribution in [0.25, 0.3) is 0 Å². The fourth-order valence-electron chi connectivity index (χ4n) is 2.66. The monoisotopic (exact) mass is 303 g/mol. The van der Waals surface area contributed by atoms with Gasteiger partial charge >= 0.3 is 0 Å². The summed E-state index contributed by atoms with van der Waals surface area (Å²) in [4.78, 5) is 11.4. The van der Waals surface area contributed by atoms with Gasteiger partial charge in [0.25, 0.3) is 0 Å². The minimum atomic E-state index is -0.401. The Hall–Kier alpha value is -1.87. The Kier molecular flexibility index (Phi) is 3.68. The zero-order valence-corrected chi connectivity index (χ0v) is 12.4. The lowest BCUT2D eigenvalue weighted by atomic mass is 9.96. The summed E-state index contributed by atoms with van der Waals surface area (Å²) in [7, 11) is 0. The van der Waals surface area contributed by atoms with Gasteiger partial charge < -0.3 is 5.32 Å². The number of hydrogen-bond acceptors (Lipinski definition) is 1.